The van der Waals surface area contributed by atoms with Gasteiger partial charge in [0.2, 0.25) is 0 Å². The monoisotopic (exact) mass is 377 g/mol. The minimum atomic E-state index is -0.569. The number of hydrogen-bond acceptors (Lipinski definition) is 6. The number of nitrogens with two attached hydrogens (primary N) is 1. The molecule has 8 nitrogen and oxygen atoms in total. The van der Waals surface area contributed by atoms with E-state index in [1.807, 2.05) is 24.0 Å². The van der Waals surface area contributed by atoms with Gasteiger partial charge in [0.25, 0.3) is 5.91 Å². The van der Waals surface area contributed by atoms with Crippen molar-refractivity contribution in [3.05, 3.63) is 71.9 Å². The summed E-state index contributed by atoms with van der Waals surface area (Å²) >= 11 is 0. The first-order chi connectivity index (χ1) is 13.6. The van der Waals surface area contributed by atoms with Gasteiger partial charge in [-0.05, 0) is 11.6 Å². The van der Waals surface area contributed by atoms with Crippen molar-refractivity contribution >= 4 is 11.7 Å². The zero-order valence-electron chi connectivity index (χ0n) is 15.8. The largest absolute Gasteiger partial charge is 0.364 e. The van der Waals surface area contributed by atoms with E-state index < -0.39 is 5.91 Å². The van der Waals surface area contributed by atoms with Crippen molar-refractivity contribution in [2.45, 2.75) is 12.6 Å². The minimum Gasteiger partial charge on any atom is -0.364 e. The molecule has 1 fully saturated rings. The van der Waals surface area contributed by atoms with E-state index in [0.29, 0.717) is 5.82 Å². The van der Waals surface area contributed by atoms with Crippen LogP contribution >= 0.6 is 0 Å². The summed E-state index contributed by atoms with van der Waals surface area (Å²) in [6.45, 7) is 3.23. The van der Waals surface area contributed by atoms with Gasteiger partial charge >= 0.3 is 0 Å². The van der Waals surface area contributed by atoms with Crippen molar-refractivity contribution in [3.8, 4) is 0 Å². The first kappa shape index (κ1) is 18.1. The third-order valence-electron chi connectivity index (χ3n) is 5.12. The lowest BCUT2D eigenvalue weighted by Crippen LogP contribution is -2.49. The number of carbonyl (C=O) groups excluding carboxylic acids is 1. The van der Waals surface area contributed by atoms with E-state index in [0.717, 1.165) is 31.9 Å². The number of benzene rings is 1. The van der Waals surface area contributed by atoms with Crippen LogP contribution in [0.25, 0.3) is 0 Å². The zero-order valence-corrected chi connectivity index (χ0v) is 15.8. The van der Waals surface area contributed by atoms with Crippen molar-refractivity contribution in [1.29, 1.82) is 0 Å². The molecule has 3 heterocycles. The fraction of sp³-hybridized carbons (Fsp3) is 0.300. The van der Waals surface area contributed by atoms with E-state index in [9.17, 15) is 4.79 Å². The Bertz CT molecular complexity index is 956. The van der Waals surface area contributed by atoms with E-state index in [1.54, 1.807) is 6.20 Å². The number of aromatic nitrogens is 4. The summed E-state index contributed by atoms with van der Waals surface area (Å²) in [4.78, 5) is 24.6. The van der Waals surface area contributed by atoms with Gasteiger partial charge in [0, 0.05) is 39.4 Å². The molecule has 8 heteroatoms. The topological polar surface area (TPSA) is 93.2 Å². The lowest BCUT2D eigenvalue weighted by molar-refractivity contribution is 0.0995. The average Bonchev–Trinajstić information content (AvgIpc) is 3.15. The SMILES string of the molecule is Cn1nccc1C1CN(c2cncc(C(N)=O)n2)CCN1Cc1ccccc1. The Kier molecular flexibility index (Phi) is 5.03. The maximum atomic E-state index is 11.5. The Balaban J connectivity index is 1.61. The number of hydrogen-bond donors (Lipinski definition) is 1. The molecule has 1 amide bonds. The number of anilines is 1. The fourth-order valence-corrected chi connectivity index (χ4v) is 3.65. The molecule has 1 aliphatic rings. The average molecular weight is 377 g/mol. The van der Waals surface area contributed by atoms with Crippen LogP contribution in [0.3, 0.4) is 0 Å². The van der Waals surface area contributed by atoms with E-state index in [-0.39, 0.29) is 11.7 Å². The van der Waals surface area contributed by atoms with Crippen LogP contribution in [-0.4, -0.2) is 50.2 Å². The van der Waals surface area contributed by atoms with Crippen LogP contribution in [0.2, 0.25) is 0 Å². The van der Waals surface area contributed by atoms with Crippen LogP contribution in [0, 0.1) is 0 Å². The fourth-order valence-electron chi connectivity index (χ4n) is 3.65. The van der Waals surface area contributed by atoms with Gasteiger partial charge < -0.3 is 10.6 Å². The molecular weight excluding hydrogens is 354 g/mol. The molecule has 1 unspecified atom stereocenters. The molecular formula is C20H23N7O. The summed E-state index contributed by atoms with van der Waals surface area (Å²) in [6, 6.07) is 12.6. The van der Waals surface area contributed by atoms with Crippen LogP contribution in [0.1, 0.15) is 27.8 Å². The van der Waals surface area contributed by atoms with Crippen molar-refractivity contribution < 1.29 is 4.79 Å². The molecule has 0 spiro atoms. The molecule has 0 bridgehead atoms. The van der Waals surface area contributed by atoms with Gasteiger partial charge in [-0.1, -0.05) is 30.3 Å². The molecule has 3 aromatic rings. The number of piperazine rings is 1. The first-order valence-electron chi connectivity index (χ1n) is 9.24. The summed E-state index contributed by atoms with van der Waals surface area (Å²) in [7, 11) is 1.96. The van der Waals surface area contributed by atoms with Crippen LogP contribution < -0.4 is 10.6 Å². The third-order valence-corrected chi connectivity index (χ3v) is 5.12. The predicted molar refractivity (Wildman–Crippen MR) is 106 cm³/mol. The second-order valence-corrected chi connectivity index (χ2v) is 6.92. The number of carbonyl (C=O) groups is 1. The summed E-state index contributed by atoms with van der Waals surface area (Å²) in [5.41, 5.74) is 7.96. The smallest absolute Gasteiger partial charge is 0.268 e. The third kappa shape index (κ3) is 3.72. The molecule has 1 atom stereocenters. The second-order valence-electron chi connectivity index (χ2n) is 6.92. The van der Waals surface area contributed by atoms with Crippen LogP contribution in [0.4, 0.5) is 5.82 Å². The highest BCUT2D eigenvalue weighted by molar-refractivity contribution is 5.90. The maximum absolute atomic E-state index is 11.5. The Labute approximate surface area is 163 Å². The lowest BCUT2D eigenvalue weighted by Gasteiger charge is -2.42. The number of amides is 1. The first-order valence-corrected chi connectivity index (χ1v) is 9.24. The normalized spacial score (nSPS) is 17.6. The molecule has 144 valence electrons. The molecule has 2 aromatic heterocycles. The van der Waals surface area contributed by atoms with E-state index in [4.69, 9.17) is 5.73 Å². The molecule has 4 rings (SSSR count). The highest BCUT2D eigenvalue weighted by atomic mass is 16.1. The highest BCUT2D eigenvalue weighted by Gasteiger charge is 2.31. The molecule has 2 N–H and O–H groups in total. The molecule has 1 saturated heterocycles. The number of primary amides is 1. The van der Waals surface area contributed by atoms with Crippen LogP contribution in [0.5, 0.6) is 0 Å². The Morgan fingerprint density at radius 1 is 1.18 bits per heavy atom. The van der Waals surface area contributed by atoms with E-state index in [2.05, 4.69) is 55.2 Å². The Morgan fingerprint density at radius 2 is 2.00 bits per heavy atom. The summed E-state index contributed by atoms with van der Waals surface area (Å²) in [5, 5.41) is 4.35. The van der Waals surface area contributed by atoms with Gasteiger partial charge in [0.1, 0.15) is 11.5 Å². The molecule has 1 aromatic carbocycles. The lowest BCUT2D eigenvalue weighted by atomic mass is 10.1. The Morgan fingerprint density at radius 3 is 2.71 bits per heavy atom. The van der Waals surface area contributed by atoms with Crippen molar-refractivity contribution in [2.75, 3.05) is 24.5 Å². The standard InChI is InChI=1S/C20H23N7O/c1-25-17(7-8-23-25)18-14-27(19-12-22-11-16(24-19)20(21)28)10-9-26(18)13-15-5-3-2-4-6-15/h2-8,11-12,18H,9-10,13-14H2,1H3,(H2,21,28). The number of rotatable bonds is 5. The molecule has 1 aliphatic heterocycles. The van der Waals surface area contributed by atoms with Gasteiger partial charge in [0.15, 0.2) is 0 Å². The summed E-state index contributed by atoms with van der Waals surface area (Å²) in [6.07, 6.45) is 4.90. The van der Waals surface area contributed by atoms with Crippen LogP contribution in [-0.2, 0) is 13.6 Å². The van der Waals surface area contributed by atoms with Gasteiger partial charge in [-0.25, -0.2) is 4.98 Å². The predicted octanol–water partition coefficient (Wildman–Crippen LogP) is 1.37. The number of nitrogens with zero attached hydrogens (tertiary/aromatic N) is 6. The molecule has 0 aliphatic carbocycles. The summed E-state index contributed by atoms with van der Waals surface area (Å²) < 4.78 is 1.91. The van der Waals surface area contributed by atoms with Gasteiger partial charge in [0.05, 0.1) is 24.1 Å². The minimum absolute atomic E-state index is 0.139. The van der Waals surface area contributed by atoms with E-state index in [1.165, 1.54) is 11.8 Å². The quantitative estimate of drug-likeness (QED) is 0.722. The van der Waals surface area contributed by atoms with Crippen molar-refractivity contribution in [2.24, 2.45) is 12.8 Å². The highest BCUT2D eigenvalue weighted by Crippen LogP contribution is 2.28. The Hall–Kier alpha value is -3.26. The van der Waals surface area contributed by atoms with Gasteiger partial charge in [-0.3, -0.25) is 19.4 Å². The zero-order chi connectivity index (χ0) is 19.5. The second kappa shape index (κ2) is 7.77. The van der Waals surface area contributed by atoms with Crippen LogP contribution in [0.15, 0.2) is 55.0 Å². The maximum Gasteiger partial charge on any atom is 0.268 e. The van der Waals surface area contributed by atoms with Gasteiger partial charge in [-0.15, -0.1) is 0 Å². The van der Waals surface area contributed by atoms with E-state index >= 15 is 0 Å². The van der Waals surface area contributed by atoms with Gasteiger partial charge in [-0.2, -0.15) is 5.10 Å². The molecule has 0 radical (unpaired) electrons. The van der Waals surface area contributed by atoms with Crippen molar-refractivity contribution in [3.63, 3.8) is 0 Å². The molecule has 0 saturated carbocycles. The summed E-state index contributed by atoms with van der Waals surface area (Å²) in [5.74, 6) is 0.100. The number of aryl methyl sites for hydroxylation is 1. The van der Waals surface area contributed by atoms with Crippen molar-refractivity contribution in [1.82, 2.24) is 24.6 Å². The molecule has 28 heavy (non-hydrogen) atoms.